The third-order valence-electron chi connectivity index (χ3n) is 3.73. The summed E-state index contributed by atoms with van der Waals surface area (Å²) < 4.78 is 12.1. The van der Waals surface area contributed by atoms with E-state index < -0.39 is 6.10 Å². The van der Waals surface area contributed by atoms with Gasteiger partial charge in [0.1, 0.15) is 5.75 Å². The number of nitrogens with zero attached hydrogens (tertiary/aromatic N) is 1. The number of halogens is 1. The van der Waals surface area contributed by atoms with Crippen molar-refractivity contribution in [2.75, 3.05) is 13.2 Å². The van der Waals surface area contributed by atoms with Crippen molar-refractivity contribution in [3.05, 3.63) is 44.0 Å². The quantitative estimate of drug-likeness (QED) is 0.612. The fourth-order valence-corrected chi connectivity index (χ4v) is 3.07. The van der Waals surface area contributed by atoms with Crippen LogP contribution >= 0.6 is 15.9 Å². The van der Waals surface area contributed by atoms with Crippen molar-refractivity contribution in [3.8, 4) is 5.75 Å². The number of benzene rings is 1. The maximum absolute atomic E-state index is 11.3. The minimum absolute atomic E-state index is 0.136. The molecule has 0 amide bonds. The lowest BCUT2D eigenvalue weighted by molar-refractivity contribution is -0.435. The first-order valence-corrected chi connectivity index (χ1v) is 7.34. The number of hydrogen-bond donors (Lipinski definition) is 0. The van der Waals surface area contributed by atoms with Gasteiger partial charge in [0.25, 0.3) is 5.70 Å². The summed E-state index contributed by atoms with van der Waals surface area (Å²) in [7, 11) is 0. The molecule has 1 saturated heterocycles. The largest absolute Gasteiger partial charge is 0.478 e. The lowest BCUT2D eigenvalue weighted by Crippen LogP contribution is -2.37. The van der Waals surface area contributed by atoms with Gasteiger partial charge < -0.3 is 9.47 Å². The molecule has 1 aromatic rings. The molecule has 0 aliphatic carbocycles. The van der Waals surface area contributed by atoms with Gasteiger partial charge in [-0.3, -0.25) is 10.1 Å². The second-order valence-electron chi connectivity index (χ2n) is 5.00. The third kappa shape index (κ3) is 2.58. The van der Waals surface area contributed by atoms with Crippen molar-refractivity contribution < 1.29 is 14.4 Å². The smallest absolute Gasteiger partial charge is 0.287 e. The molecule has 1 fully saturated rings. The third-order valence-corrected chi connectivity index (χ3v) is 4.22. The Morgan fingerprint density at radius 3 is 2.75 bits per heavy atom. The van der Waals surface area contributed by atoms with Crippen LogP contribution in [0.5, 0.6) is 5.75 Å². The fraction of sp³-hybridized carbons (Fsp3) is 0.429. The van der Waals surface area contributed by atoms with Crippen LogP contribution in [0.1, 0.15) is 18.4 Å². The van der Waals surface area contributed by atoms with Crippen molar-refractivity contribution in [2.24, 2.45) is 5.92 Å². The lowest BCUT2D eigenvalue weighted by Gasteiger charge is -2.31. The van der Waals surface area contributed by atoms with Crippen LogP contribution in [0.3, 0.4) is 0 Å². The molecule has 0 radical (unpaired) electrons. The molecule has 1 unspecified atom stereocenters. The summed E-state index contributed by atoms with van der Waals surface area (Å²) in [6.07, 6.45) is 2.73. The van der Waals surface area contributed by atoms with E-state index in [0.29, 0.717) is 19.0 Å². The zero-order chi connectivity index (χ0) is 14.1. The zero-order valence-corrected chi connectivity index (χ0v) is 12.3. The van der Waals surface area contributed by atoms with Crippen LogP contribution in [0.2, 0.25) is 0 Å². The summed E-state index contributed by atoms with van der Waals surface area (Å²) >= 11 is 3.37. The topological polar surface area (TPSA) is 61.6 Å². The minimum Gasteiger partial charge on any atom is -0.478 e. The lowest BCUT2D eigenvalue weighted by atomic mass is 9.90. The molecule has 0 aromatic heterocycles. The normalized spacial score (nSPS) is 22.6. The molecule has 2 aliphatic rings. The van der Waals surface area contributed by atoms with Crippen molar-refractivity contribution in [1.82, 2.24) is 0 Å². The van der Waals surface area contributed by atoms with E-state index in [-0.39, 0.29) is 16.5 Å². The Balaban J connectivity index is 1.96. The highest BCUT2D eigenvalue weighted by Gasteiger charge is 2.38. The molecular formula is C14H14BrNO4. The first kappa shape index (κ1) is 13.6. The minimum atomic E-state index is -0.484. The number of nitro groups is 1. The summed E-state index contributed by atoms with van der Waals surface area (Å²) in [5.41, 5.74) is 0.886. The Kier molecular flexibility index (Phi) is 3.76. The molecule has 6 heteroatoms. The Morgan fingerprint density at radius 1 is 1.30 bits per heavy atom. The van der Waals surface area contributed by atoms with Gasteiger partial charge in [0.2, 0.25) is 0 Å². The molecule has 0 spiro atoms. The highest BCUT2D eigenvalue weighted by atomic mass is 79.9. The number of fused-ring (bicyclic) bond motifs is 1. The van der Waals surface area contributed by atoms with Gasteiger partial charge in [0.05, 0.1) is 4.92 Å². The van der Waals surface area contributed by atoms with E-state index >= 15 is 0 Å². The van der Waals surface area contributed by atoms with Crippen LogP contribution < -0.4 is 4.74 Å². The second-order valence-corrected chi connectivity index (χ2v) is 5.91. The van der Waals surface area contributed by atoms with Gasteiger partial charge in [0.15, 0.2) is 6.10 Å². The van der Waals surface area contributed by atoms with Crippen LogP contribution in [0.4, 0.5) is 0 Å². The molecule has 1 atom stereocenters. The first-order chi connectivity index (χ1) is 9.65. The summed E-state index contributed by atoms with van der Waals surface area (Å²) in [5.74, 6) is 0.840. The number of hydrogen-bond acceptors (Lipinski definition) is 4. The van der Waals surface area contributed by atoms with E-state index in [1.807, 2.05) is 18.2 Å². The van der Waals surface area contributed by atoms with Gasteiger partial charge in [-0.2, -0.15) is 0 Å². The number of ether oxygens (including phenoxy) is 2. The molecule has 5 nitrogen and oxygen atoms in total. The Bertz CT molecular complexity index is 566. The van der Waals surface area contributed by atoms with Gasteiger partial charge in [-0.1, -0.05) is 15.9 Å². The maximum Gasteiger partial charge on any atom is 0.287 e. The average molecular weight is 340 g/mol. The van der Waals surface area contributed by atoms with Crippen molar-refractivity contribution in [2.45, 2.75) is 18.9 Å². The molecule has 0 bridgehead atoms. The Morgan fingerprint density at radius 2 is 2.05 bits per heavy atom. The van der Waals surface area contributed by atoms with E-state index in [0.717, 1.165) is 22.9 Å². The highest BCUT2D eigenvalue weighted by Crippen LogP contribution is 2.36. The van der Waals surface area contributed by atoms with Gasteiger partial charge in [-0.15, -0.1) is 0 Å². The van der Waals surface area contributed by atoms with E-state index in [9.17, 15) is 10.1 Å². The molecule has 0 saturated carbocycles. The molecule has 2 aliphatic heterocycles. The zero-order valence-electron chi connectivity index (χ0n) is 10.8. The fourth-order valence-electron chi connectivity index (χ4n) is 2.69. The van der Waals surface area contributed by atoms with Crippen LogP contribution in [0.25, 0.3) is 6.08 Å². The first-order valence-electron chi connectivity index (χ1n) is 6.55. The van der Waals surface area contributed by atoms with Crippen LogP contribution in [0.15, 0.2) is 28.4 Å². The second kappa shape index (κ2) is 5.54. The van der Waals surface area contributed by atoms with Crippen molar-refractivity contribution >= 4 is 22.0 Å². The molecule has 3 rings (SSSR count). The van der Waals surface area contributed by atoms with Crippen molar-refractivity contribution in [3.63, 3.8) is 0 Å². The summed E-state index contributed by atoms with van der Waals surface area (Å²) in [6, 6.07) is 5.56. The van der Waals surface area contributed by atoms with E-state index in [1.54, 1.807) is 6.08 Å². The molecule has 106 valence electrons. The highest BCUT2D eigenvalue weighted by molar-refractivity contribution is 9.10. The van der Waals surface area contributed by atoms with Gasteiger partial charge in [0, 0.05) is 35.2 Å². The summed E-state index contributed by atoms with van der Waals surface area (Å²) in [5, 5.41) is 11.3. The standard InChI is InChI=1S/C14H14BrNO4/c15-11-1-2-13-10(7-11)8-12(16(17)18)14(20-13)9-3-5-19-6-4-9/h1-2,7-9,14H,3-6H2. The molecule has 1 aromatic carbocycles. The van der Waals surface area contributed by atoms with E-state index in [2.05, 4.69) is 15.9 Å². The van der Waals surface area contributed by atoms with Crippen LogP contribution in [0, 0.1) is 16.0 Å². The SMILES string of the molecule is O=[N+]([O-])C1=Cc2cc(Br)ccc2OC1C1CCOCC1. The Labute approximate surface area is 124 Å². The molecule has 0 N–H and O–H groups in total. The summed E-state index contributed by atoms with van der Waals surface area (Å²) in [4.78, 5) is 11.0. The van der Waals surface area contributed by atoms with Crippen LogP contribution in [-0.4, -0.2) is 24.2 Å². The summed E-state index contributed by atoms with van der Waals surface area (Å²) in [6.45, 7) is 1.28. The predicted molar refractivity (Wildman–Crippen MR) is 77.1 cm³/mol. The molecule has 2 heterocycles. The Hall–Kier alpha value is -1.40. The van der Waals surface area contributed by atoms with Crippen LogP contribution in [-0.2, 0) is 4.74 Å². The monoisotopic (exact) mass is 339 g/mol. The van der Waals surface area contributed by atoms with Crippen molar-refractivity contribution in [1.29, 1.82) is 0 Å². The van der Waals surface area contributed by atoms with Gasteiger partial charge in [-0.25, -0.2) is 0 Å². The predicted octanol–water partition coefficient (Wildman–Crippen LogP) is 3.25. The van der Waals surface area contributed by atoms with E-state index in [1.165, 1.54) is 0 Å². The number of rotatable bonds is 2. The van der Waals surface area contributed by atoms with Gasteiger partial charge >= 0.3 is 0 Å². The molecular weight excluding hydrogens is 326 g/mol. The molecule has 20 heavy (non-hydrogen) atoms. The maximum atomic E-state index is 11.3. The average Bonchev–Trinajstić information content (AvgIpc) is 2.46. The van der Waals surface area contributed by atoms with Gasteiger partial charge in [-0.05, 0) is 31.0 Å². The van der Waals surface area contributed by atoms with E-state index in [4.69, 9.17) is 9.47 Å².